The summed E-state index contributed by atoms with van der Waals surface area (Å²) in [4.78, 5) is 2.35. The van der Waals surface area contributed by atoms with Crippen LogP contribution in [0.2, 0.25) is 0 Å². The molecule has 0 amide bonds. The molecular weight excluding hydrogens is 394 g/mol. The molecule has 6 aromatic rings. The molecule has 0 saturated heterocycles. The summed E-state index contributed by atoms with van der Waals surface area (Å²) in [6.07, 6.45) is 0. The summed E-state index contributed by atoms with van der Waals surface area (Å²) in [5.74, 6) is 0. The third-order valence-corrected chi connectivity index (χ3v) is 6.65. The van der Waals surface area contributed by atoms with Gasteiger partial charge in [-0.3, -0.25) is 0 Å². The van der Waals surface area contributed by atoms with E-state index >= 15 is 0 Å². The quantitative estimate of drug-likeness (QED) is 0.282. The number of aromatic nitrogens is 1. The Balaban J connectivity index is 1.76. The van der Waals surface area contributed by atoms with Crippen LogP contribution in [0.1, 0.15) is 19.4 Å². The second-order valence-electron chi connectivity index (χ2n) is 8.72. The zero-order valence-electron chi connectivity index (χ0n) is 17.8. The smallest absolute Gasteiger partial charge is 0.136 e. The summed E-state index contributed by atoms with van der Waals surface area (Å²) in [7, 11) is 0. The lowest BCUT2D eigenvalue weighted by atomic mass is 10.0. The van der Waals surface area contributed by atoms with Gasteiger partial charge in [0.15, 0.2) is 0 Å². The number of hydrogen-bond acceptors (Lipinski definition) is 3. The Bertz CT molecular complexity index is 1780. The maximum absolute atomic E-state index is 9.55. The summed E-state index contributed by atoms with van der Waals surface area (Å²) < 4.78 is 8.56. The zero-order valence-corrected chi connectivity index (χ0v) is 17.8. The Hall–Kier alpha value is -4.23. The Kier molecular flexibility index (Phi) is 3.23. The van der Waals surface area contributed by atoms with E-state index < -0.39 is 0 Å². The summed E-state index contributed by atoms with van der Waals surface area (Å²) in [6.45, 7) is 4.39. The highest BCUT2D eigenvalue weighted by molar-refractivity contribution is 6.29. The Morgan fingerprint density at radius 2 is 1.62 bits per heavy atom. The van der Waals surface area contributed by atoms with Crippen LogP contribution in [0, 0.1) is 11.3 Å². The van der Waals surface area contributed by atoms with Crippen molar-refractivity contribution in [1.82, 2.24) is 4.57 Å². The molecule has 152 valence electrons. The molecule has 0 saturated carbocycles. The molecule has 4 heteroatoms. The van der Waals surface area contributed by atoms with E-state index in [-0.39, 0.29) is 6.04 Å². The monoisotopic (exact) mass is 413 g/mol. The van der Waals surface area contributed by atoms with Gasteiger partial charge < -0.3 is 13.9 Å². The normalized spacial score (nSPS) is 12.9. The van der Waals surface area contributed by atoms with Crippen molar-refractivity contribution >= 4 is 55.1 Å². The molecule has 2 aromatic heterocycles. The molecule has 7 rings (SSSR count). The maximum atomic E-state index is 9.55. The topological polar surface area (TPSA) is 45.1 Å². The molecule has 0 spiro atoms. The third kappa shape index (κ3) is 2.01. The number of anilines is 2. The molecule has 4 aromatic carbocycles. The van der Waals surface area contributed by atoms with E-state index in [0.717, 1.165) is 44.5 Å². The lowest BCUT2D eigenvalue weighted by Gasteiger charge is -2.36. The predicted molar refractivity (Wildman–Crippen MR) is 130 cm³/mol. The first kappa shape index (κ1) is 17.5. The van der Waals surface area contributed by atoms with E-state index in [1.807, 2.05) is 24.3 Å². The van der Waals surface area contributed by atoms with Crippen molar-refractivity contribution < 1.29 is 4.42 Å². The number of rotatable bonds is 1. The van der Waals surface area contributed by atoms with Gasteiger partial charge in [-0.25, -0.2) is 0 Å². The summed E-state index contributed by atoms with van der Waals surface area (Å²) in [5, 5.41) is 14.3. The van der Waals surface area contributed by atoms with E-state index in [2.05, 4.69) is 77.9 Å². The molecule has 0 atom stereocenters. The van der Waals surface area contributed by atoms with E-state index in [1.165, 1.54) is 16.3 Å². The van der Waals surface area contributed by atoms with Gasteiger partial charge in [0.1, 0.15) is 11.2 Å². The average molecular weight is 413 g/mol. The average Bonchev–Trinajstić information content (AvgIpc) is 3.35. The van der Waals surface area contributed by atoms with Crippen LogP contribution in [-0.2, 0) is 0 Å². The Morgan fingerprint density at radius 1 is 0.781 bits per heavy atom. The highest BCUT2D eigenvalue weighted by Crippen LogP contribution is 2.49. The van der Waals surface area contributed by atoms with E-state index in [0.29, 0.717) is 5.56 Å². The van der Waals surface area contributed by atoms with Crippen LogP contribution in [0.3, 0.4) is 0 Å². The van der Waals surface area contributed by atoms with Crippen molar-refractivity contribution in [2.24, 2.45) is 0 Å². The molecular formula is C28H19N3O. The van der Waals surface area contributed by atoms with Gasteiger partial charge in [-0.15, -0.1) is 0 Å². The molecule has 0 N–H and O–H groups in total. The predicted octanol–water partition coefficient (Wildman–Crippen LogP) is 7.41. The van der Waals surface area contributed by atoms with Crippen LogP contribution < -0.4 is 4.90 Å². The first-order chi connectivity index (χ1) is 15.7. The lowest BCUT2D eigenvalue weighted by Crippen LogP contribution is -2.29. The number of hydrogen-bond donors (Lipinski definition) is 0. The van der Waals surface area contributed by atoms with E-state index in [1.54, 1.807) is 0 Å². The Morgan fingerprint density at radius 3 is 2.47 bits per heavy atom. The standard InChI is InChI=1S/C28H19N3O/c1-16(2)30-22-8-5-7-19-26-21(12-13-25-27(26)18-6-3-4-9-24(18)32-25)31(28(19)22)20-11-10-17(15-29)14-23(20)30/h3-14,16H,1-2H3. The first-order valence-electron chi connectivity index (χ1n) is 10.9. The first-order valence-corrected chi connectivity index (χ1v) is 10.9. The van der Waals surface area contributed by atoms with Gasteiger partial charge in [0.05, 0.1) is 39.7 Å². The summed E-state index contributed by atoms with van der Waals surface area (Å²) >= 11 is 0. The fraction of sp³-hybridized carbons (Fsp3) is 0.107. The van der Waals surface area contributed by atoms with Crippen LogP contribution in [0.5, 0.6) is 0 Å². The van der Waals surface area contributed by atoms with Gasteiger partial charge >= 0.3 is 0 Å². The van der Waals surface area contributed by atoms with Gasteiger partial charge in [0, 0.05) is 27.6 Å². The third-order valence-electron chi connectivity index (χ3n) is 6.65. The number of benzene rings is 4. The van der Waals surface area contributed by atoms with Crippen molar-refractivity contribution in [1.29, 1.82) is 5.26 Å². The Labute approximate surface area is 184 Å². The van der Waals surface area contributed by atoms with Gasteiger partial charge in [0.25, 0.3) is 0 Å². The second-order valence-corrected chi connectivity index (χ2v) is 8.72. The van der Waals surface area contributed by atoms with Crippen LogP contribution in [-0.4, -0.2) is 10.6 Å². The van der Waals surface area contributed by atoms with Gasteiger partial charge in [-0.05, 0) is 56.3 Å². The molecule has 4 nitrogen and oxygen atoms in total. The van der Waals surface area contributed by atoms with E-state index in [4.69, 9.17) is 4.42 Å². The number of nitrogens with zero attached hydrogens (tertiary/aromatic N) is 3. The summed E-state index contributed by atoms with van der Waals surface area (Å²) in [6, 6.07) is 27.6. The van der Waals surface area contributed by atoms with Crippen molar-refractivity contribution in [2.75, 3.05) is 4.90 Å². The molecule has 1 aliphatic rings. The van der Waals surface area contributed by atoms with Crippen molar-refractivity contribution in [3.05, 3.63) is 78.4 Å². The molecule has 3 heterocycles. The number of furan rings is 1. The van der Waals surface area contributed by atoms with Crippen LogP contribution in [0.15, 0.2) is 77.2 Å². The van der Waals surface area contributed by atoms with Gasteiger partial charge in [-0.2, -0.15) is 5.26 Å². The zero-order chi connectivity index (χ0) is 21.6. The summed E-state index contributed by atoms with van der Waals surface area (Å²) in [5.41, 5.74) is 8.17. The largest absolute Gasteiger partial charge is 0.456 e. The number of para-hydroxylation sites is 2. The van der Waals surface area contributed by atoms with Crippen molar-refractivity contribution in [3.8, 4) is 11.8 Å². The minimum absolute atomic E-state index is 0.245. The van der Waals surface area contributed by atoms with Crippen LogP contribution >= 0.6 is 0 Å². The molecule has 0 aliphatic carbocycles. The SMILES string of the molecule is CC(C)N1c2cc(C#N)ccc2-n2c3ccc4oc5ccccc5c4c3c3cccc1c32. The highest BCUT2D eigenvalue weighted by atomic mass is 16.3. The van der Waals surface area contributed by atoms with E-state index in [9.17, 15) is 5.26 Å². The van der Waals surface area contributed by atoms with Crippen molar-refractivity contribution in [3.63, 3.8) is 0 Å². The maximum Gasteiger partial charge on any atom is 0.136 e. The van der Waals surface area contributed by atoms with Crippen LogP contribution in [0.25, 0.3) is 49.4 Å². The fourth-order valence-electron chi connectivity index (χ4n) is 5.46. The number of fused-ring (bicyclic) bond motifs is 9. The molecule has 1 aliphatic heterocycles. The lowest BCUT2D eigenvalue weighted by molar-refractivity contribution is 0.669. The fourth-order valence-corrected chi connectivity index (χ4v) is 5.46. The van der Waals surface area contributed by atoms with Crippen LogP contribution in [0.4, 0.5) is 11.4 Å². The van der Waals surface area contributed by atoms with Gasteiger partial charge in [-0.1, -0.05) is 30.3 Å². The van der Waals surface area contributed by atoms with Crippen molar-refractivity contribution in [2.45, 2.75) is 19.9 Å². The second kappa shape index (κ2) is 5.93. The molecule has 0 unspecified atom stereocenters. The molecule has 0 bridgehead atoms. The minimum atomic E-state index is 0.245. The minimum Gasteiger partial charge on any atom is -0.456 e. The molecule has 0 fully saturated rings. The molecule has 32 heavy (non-hydrogen) atoms. The highest BCUT2D eigenvalue weighted by Gasteiger charge is 2.30. The number of nitriles is 1. The molecule has 0 radical (unpaired) electrons. The van der Waals surface area contributed by atoms with Gasteiger partial charge in [0.2, 0.25) is 0 Å².